The van der Waals surface area contributed by atoms with E-state index in [4.69, 9.17) is 9.72 Å². The number of aromatic nitrogens is 6. The molecule has 0 spiro atoms. The summed E-state index contributed by atoms with van der Waals surface area (Å²) in [6, 6.07) is 33.9. The van der Waals surface area contributed by atoms with E-state index < -0.39 is 0 Å². The fourth-order valence-corrected chi connectivity index (χ4v) is 6.46. The second-order valence-electron chi connectivity index (χ2n) is 14.3. The summed E-state index contributed by atoms with van der Waals surface area (Å²) in [4.78, 5) is 7.09. The Hall–Kier alpha value is -5.50. The fraction of sp³-hybridized carbons (Fsp3) is 0.231. The smallest absolute Gasteiger partial charge is 0.185 e. The van der Waals surface area contributed by atoms with E-state index in [9.17, 15) is 0 Å². The fourth-order valence-electron chi connectivity index (χ4n) is 6.46. The highest BCUT2D eigenvalue weighted by Gasteiger charge is 2.27. The summed E-state index contributed by atoms with van der Waals surface area (Å²) < 4.78 is 10.8. The van der Waals surface area contributed by atoms with Crippen LogP contribution in [-0.4, -0.2) is 29.8 Å². The third kappa shape index (κ3) is 5.01. The van der Waals surface area contributed by atoms with Crippen LogP contribution in [0.1, 0.15) is 52.7 Å². The molecule has 1 aliphatic rings. The summed E-state index contributed by atoms with van der Waals surface area (Å²) in [5.41, 5.74) is 7.53. The monoisotopic (exact) mass is 619 g/mol. The van der Waals surface area contributed by atoms with Gasteiger partial charge in [0.15, 0.2) is 5.82 Å². The number of benzene rings is 4. The van der Waals surface area contributed by atoms with Gasteiger partial charge < -0.3 is 9.64 Å². The van der Waals surface area contributed by atoms with Gasteiger partial charge in [-0.2, -0.15) is 0 Å². The Morgan fingerprint density at radius 1 is 0.681 bits per heavy atom. The van der Waals surface area contributed by atoms with Crippen LogP contribution < -0.4 is 9.64 Å². The molecule has 3 aromatic heterocycles. The lowest BCUT2D eigenvalue weighted by Gasteiger charge is -2.32. The van der Waals surface area contributed by atoms with Crippen molar-refractivity contribution >= 4 is 33.2 Å². The van der Waals surface area contributed by atoms with E-state index in [1.54, 1.807) is 0 Å². The van der Waals surface area contributed by atoms with E-state index in [1.807, 2.05) is 16.9 Å². The van der Waals surface area contributed by atoms with E-state index in [-0.39, 0.29) is 10.8 Å². The van der Waals surface area contributed by atoms with Gasteiger partial charge in [0, 0.05) is 40.4 Å². The molecule has 7 aromatic rings. The maximum Gasteiger partial charge on any atom is 0.185 e. The molecule has 234 valence electrons. The van der Waals surface area contributed by atoms with Gasteiger partial charge in [-0.25, -0.2) is 9.67 Å². The molecule has 8 rings (SSSR count). The Labute approximate surface area is 274 Å². The number of hydrogen-bond acceptors (Lipinski definition) is 6. The number of hydrogen-bond donors (Lipinski definition) is 0. The summed E-state index contributed by atoms with van der Waals surface area (Å²) in [7, 11) is 0. The number of pyridine rings is 1. The van der Waals surface area contributed by atoms with Crippen LogP contribution in [0.15, 0.2) is 103 Å². The molecule has 0 bridgehead atoms. The molecular formula is C39H37N7O. The van der Waals surface area contributed by atoms with E-state index >= 15 is 0 Å². The molecule has 0 saturated carbocycles. The minimum atomic E-state index is -0.108. The van der Waals surface area contributed by atoms with Gasteiger partial charge in [-0.05, 0) is 87.0 Å². The average molecular weight is 620 g/mol. The van der Waals surface area contributed by atoms with E-state index in [0.717, 1.165) is 56.5 Å². The number of ether oxygens (including phenoxy) is 1. The lowest BCUT2D eigenvalue weighted by Crippen LogP contribution is -2.27. The molecule has 4 aromatic carbocycles. The van der Waals surface area contributed by atoms with Gasteiger partial charge in [-0.1, -0.05) is 71.9 Å². The third-order valence-corrected chi connectivity index (χ3v) is 9.03. The highest BCUT2D eigenvalue weighted by Crippen LogP contribution is 2.42. The van der Waals surface area contributed by atoms with Gasteiger partial charge in [0.05, 0.1) is 16.7 Å². The molecule has 8 heteroatoms. The van der Waals surface area contributed by atoms with Crippen molar-refractivity contribution in [3.8, 4) is 28.7 Å². The molecule has 47 heavy (non-hydrogen) atoms. The standard InChI is InChI=1S/C39H37N7O/c1-38(2,3)25-17-18-40-36(21-25)46-34-14-10-7-11-30(34)31-16-15-28(23-35(31)46)47-29-20-26(39(4,5)6)19-27(22-29)44-24-45-37(41-42-43-45)32-12-8-9-13-33(32)44/h7-23H,24H2,1-6H3. The van der Waals surface area contributed by atoms with E-state index in [2.05, 4.69) is 158 Å². The largest absolute Gasteiger partial charge is 0.457 e. The van der Waals surface area contributed by atoms with Crippen LogP contribution in [0.4, 0.5) is 11.4 Å². The molecule has 0 saturated heterocycles. The first-order valence-corrected chi connectivity index (χ1v) is 16.0. The molecule has 1 aliphatic heterocycles. The van der Waals surface area contributed by atoms with Crippen LogP contribution in [-0.2, 0) is 17.5 Å². The predicted octanol–water partition coefficient (Wildman–Crippen LogP) is 9.33. The second-order valence-corrected chi connectivity index (χ2v) is 14.3. The van der Waals surface area contributed by atoms with E-state index in [0.29, 0.717) is 6.67 Å². The number of nitrogens with zero attached hydrogens (tertiary/aromatic N) is 7. The maximum absolute atomic E-state index is 6.75. The lowest BCUT2D eigenvalue weighted by atomic mass is 9.86. The average Bonchev–Trinajstić information content (AvgIpc) is 3.66. The number of tetrazole rings is 1. The van der Waals surface area contributed by atoms with Crippen molar-refractivity contribution in [1.29, 1.82) is 0 Å². The van der Waals surface area contributed by atoms with Crippen LogP contribution in [0.3, 0.4) is 0 Å². The van der Waals surface area contributed by atoms with Crippen LogP contribution in [0, 0.1) is 0 Å². The molecule has 0 atom stereocenters. The zero-order valence-electron chi connectivity index (χ0n) is 27.6. The van der Waals surface area contributed by atoms with Crippen LogP contribution in [0.2, 0.25) is 0 Å². The molecule has 0 aliphatic carbocycles. The topological polar surface area (TPSA) is 73.9 Å². The first-order chi connectivity index (χ1) is 22.5. The van der Waals surface area contributed by atoms with Crippen molar-refractivity contribution in [2.75, 3.05) is 4.90 Å². The van der Waals surface area contributed by atoms with Crippen molar-refractivity contribution in [2.24, 2.45) is 0 Å². The number of para-hydroxylation sites is 2. The number of anilines is 2. The zero-order chi connectivity index (χ0) is 32.5. The van der Waals surface area contributed by atoms with Crippen molar-refractivity contribution < 1.29 is 4.74 Å². The van der Waals surface area contributed by atoms with Crippen LogP contribution in [0.5, 0.6) is 11.5 Å². The number of rotatable bonds is 4. The SMILES string of the molecule is CC(C)(C)c1cc(Oc2ccc3c4ccccc4n(-c4cc(C(C)(C)C)ccn4)c3c2)cc(N2Cn3nnnc3-c3ccccc32)c1. The predicted molar refractivity (Wildman–Crippen MR) is 188 cm³/mol. The van der Waals surface area contributed by atoms with Gasteiger partial charge >= 0.3 is 0 Å². The van der Waals surface area contributed by atoms with Crippen LogP contribution in [0.25, 0.3) is 39.0 Å². The molecule has 0 N–H and O–H groups in total. The summed E-state index contributed by atoms with van der Waals surface area (Å²) in [5, 5.41) is 14.8. The van der Waals surface area contributed by atoms with E-state index in [1.165, 1.54) is 16.5 Å². The zero-order valence-corrected chi connectivity index (χ0v) is 27.6. The van der Waals surface area contributed by atoms with Crippen LogP contribution >= 0.6 is 0 Å². The first-order valence-electron chi connectivity index (χ1n) is 16.0. The van der Waals surface area contributed by atoms with Crippen molar-refractivity contribution in [3.63, 3.8) is 0 Å². The van der Waals surface area contributed by atoms with Gasteiger partial charge in [-0.3, -0.25) is 4.57 Å². The van der Waals surface area contributed by atoms with Crippen molar-refractivity contribution in [2.45, 2.75) is 59.0 Å². The number of fused-ring (bicyclic) bond motifs is 6. The molecule has 0 amide bonds. The van der Waals surface area contributed by atoms with Crippen molar-refractivity contribution in [1.82, 2.24) is 29.8 Å². The lowest BCUT2D eigenvalue weighted by molar-refractivity contribution is 0.478. The quantitative estimate of drug-likeness (QED) is 0.195. The molecule has 0 unspecified atom stereocenters. The second kappa shape index (κ2) is 10.5. The summed E-state index contributed by atoms with van der Waals surface area (Å²) in [6.07, 6.45) is 1.91. The van der Waals surface area contributed by atoms with Gasteiger partial charge in [-0.15, -0.1) is 5.10 Å². The normalized spacial score (nSPS) is 13.2. The third-order valence-electron chi connectivity index (χ3n) is 9.03. The molecule has 0 fully saturated rings. The van der Waals surface area contributed by atoms with Crippen molar-refractivity contribution in [3.05, 3.63) is 114 Å². The summed E-state index contributed by atoms with van der Waals surface area (Å²) >= 11 is 0. The Kier molecular flexibility index (Phi) is 6.48. The van der Waals surface area contributed by atoms with Gasteiger partial charge in [0.2, 0.25) is 0 Å². The molecule has 4 heterocycles. The minimum Gasteiger partial charge on any atom is -0.457 e. The Morgan fingerprint density at radius 3 is 2.28 bits per heavy atom. The van der Waals surface area contributed by atoms with Gasteiger partial charge in [0.25, 0.3) is 0 Å². The maximum atomic E-state index is 6.75. The summed E-state index contributed by atoms with van der Waals surface area (Å²) in [5.74, 6) is 3.18. The highest BCUT2D eigenvalue weighted by atomic mass is 16.5. The Morgan fingerprint density at radius 2 is 1.45 bits per heavy atom. The minimum absolute atomic E-state index is 0.00137. The molecular weight excluding hydrogens is 582 g/mol. The van der Waals surface area contributed by atoms with Gasteiger partial charge in [0.1, 0.15) is 24.0 Å². The molecule has 8 nitrogen and oxygen atoms in total. The summed E-state index contributed by atoms with van der Waals surface area (Å²) in [6.45, 7) is 13.9. The highest BCUT2D eigenvalue weighted by molar-refractivity contribution is 6.09. The first kappa shape index (κ1) is 28.9. The molecule has 0 radical (unpaired) electrons. The Bertz CT molecular complexity index is 2300. The Balaban J connectivity index is 1.25.